The van der Waals surface area contributed by atoms with Gasteiger partial charge in [0, 0.05) is 23.1 Å². The topological polar surface area (TPSA) is 82.2 Å². The fraction of sp³-hybridized carbons (Fsp3) is 0.190. The van der Waals surface area contributed by atoms with E-state index < -0.39 is 0 Å². The van der Waals surface area contributed by atoms with Gasteiger partial charge in [-0.25, -0.2) is 0 Å². The minimum Gasteiger partial charge on any atom is -0.493 e. The number of nitrogens with one attached hydrogen (secondary N) is 1. The third kappa shape index (κ3) is 4.01. The highest BCUT2D eigenvalue weighted by Crippen LogP contribution is 2.33. The minimum atomic E-state index is -0.150. The van der Waals surface area contributed by atoms with Crippen molar-refractivity contribution in [1.29, 1.82) is 0 Å². The van der Waals surface area contributed by atoms with Crippen molar-refractivity contribution in [3.05, 3.63) is 53.1 Å². The molecule has 4 aromatic rings. The standard InChI is InChI=1S/C21H19ClN4O3S/c1-12-7-8-14(22)10-15(12)23-18(27)11-30-21-25-24-20(26(21)2)17-9-13-5-4-6-16(28-3)19(13)29-17/h4-10H,11H2,1-3H3,(H,23,27). The van der Waals surface area contributed by atoms with Gasteiger partial charge < -0.3 is 19.0 Å². The van der Waals surface area contributed by atoms with E-state index in [1.807, 2.05) is 44.3 Å². The number of ether oxygens (including phenoxy) is 1. The summed E-state index contributed by atoms with van der Waals surface area (Å²) < 4.78 is 13.1. The third-order valence-corrected chi connectivity index (χ3v) is 5.84. The molecule has 0 saturated carbocycles. The van der Waals surface area contributed by atoms with Crippen molar-refractivity contribution in [3.8, 4) is 17.3 Å². The average molecular weight is 443 g/mol. The Balaban J connectivity index is 1.48. The van der Waals surface area contributed by atoms with E-state index in [-0.39, 0.29) is 11.7 Å². The number of amides is 1. The second kappa shape index (κ2) is 8.41. The Labute approximate surface area is 182 Å². The van der Waals surface area contributed by atoms with Gasteiger partial charge in [-0.3, -0.25) is 4.79 Å². The minimum absolute atomic E-state index is 0.150. The van der Waals surface area contributed by atoms with Gasteiger partial charge in [0.25, 0.3) is 0 Å². The molecule has 2 heterocycles. The van der Waals surface area contributed by atoms with Crippen LogP contribution in [-0.2, 0) is 11.8 Å². The number of carbonyl (C=O) groups is 1. The van der Waals surface area contributed by atoms with E-state index in [0.29, 0.717) is 38.8 Å². The van der Waals surface area contributed by atoms with Crippen LogP contribution in [0.1, 0.15) is 5.56 Å². The number of fused-ring (bicyclic) bond motifs is 1. The number of rotatable bonds is 6. The number of aromatic nitrogens is 3. The molecule has 0 radical (unpaired) electrons. The van der Waals surface area contributed by atoms with E-state index in [9.17, 15) is 4.79 Å². The lowest BCUT2D eigenvalue weighted by molar-refractivity contribution is -0.113. The molecule has 154 valence electrons. The van der Waals surface area contributed by atoms with Crippen LogP contribution in [0.5, 0.6) is 5.75 Å². The second-order valence-electron chi connectivity index (χ2n) is 6.65. The molecule has 2 aromatic carbocycles. The van der Waals surface area contributed by atoms with Crippen molar-refractivity contribution in [2.24, 2.45) is 7.05 Å². The Bertz CT molecular complexity index is 1230. The van der Waals surface area contributed by atoms with E-state index in [1.165, 1.54) is 11.8 Å². The zero-order valence-electron chi connectivity index (χ0n) is 16.6. The highest BCUT2D eigenvalue weighted by Gasteiger charge is 2.18. The molecule has 0 aliphatic carbocycles. The molecule has 30 heavy (non-hydrogen) atoms. The quantitative estimate of drug-likeness (QED) is 0.426. The normalized spacial score (nSPS) is 11.1. The summed E-state index contributed by atoms with van der Waals surface area (Å²) in [6.45, 7) is 1.91. The number of carbonyl (C=O) groups excluding carboxylic acids is 1. The van der Waals surface area contributed by atoms with Crippen molar-refractivity contribution in [2.75, 3.05) is 18.2 Å². The molecule has 1 N–H and O–H groups in total. The molecule has 0 saturated heterocycles. The van der Waals surface area contributed by atoms with Crippen molar-refractivity contribution in [1.82, 2.24) is 14.8 Å². The number of methoxy groups -OCH3 is 1. The van der Waals surface area contributed by atoms with Crippen LogP contribution < -0.4 is 10.1 Å². The first-order valence-electron chi connectivity index (χ1n) is 9.11. The summed E-state index contributed by atoms with van der Waals surface area (Å²) >= 11 is 7.30. The van der Waals surface area contributed by atoms with Crippen LogP contribution in [0.15, 0.2) is 52.0 Å². The lowest BCUT2D eigenvalue weighted by Crippen LogP contribution is -2.15. The number of aryl methyl sites for hydroxylation is 1. The summed E-state index contributed by atoms with van der Waals surface area (Å²) in [5, 5.41) is 13.4. The van der Waals surface area contributed by atoms with Gasteiger partial charge >= 0.3 is 0 Å². The number of nitrogens with zero attached hydrogens (tertiary/aromatic N) is 3. The molecule has 0 aliphatic rings. The number of para-hydroxylation sites is 1. The van der Waals surface area contributed by atoms with Gasteiger partial charge in [-0.2, -0.15) is 0 Å². The van der Waals surface area contributed by atoms with Gasteiger partial charge in [0.2, 0.25) is 5.91 Å². The molecule has 9 heteroatoms. The Morgan fingerprint density at radius 3 is 2.90 bits per heavy atom. The maximum atomic E-state index is 12.4. The van der Waals surface area contributed by atoms with Crippen LogP contribution in [0, 0.1) is 6.92 Å². The first-order chi connectivity index (χ1) is 14.5. The van der Waals surface area contributed by atoms with Crippen molar-refractivity contribution >= 4 is 45.9 Å². The fourth-order valence-corrected chi connectivity index (χ4v) is 3.89. The highest BCUT2D eigenvalue weighted by molar-refractivity contribution is 7.99. The Kier molecular flexibility index (Phi) is 5.69. The second-order valence-corrected chi connectivity index (χ2v) is 8.03. The predicted molar refractivity (Wildman–Crippen MR) is 118 cm³/mol. The maximum absolute atomic E-state index is 12.4. The lowest BCUT2D eigenvalue weighted by atomic mass is 10.2. The average Bonchev–Trinajstić information content (AvgIpc) is 3.32. The van der Waals surface area contributed by atoms with Gasteiger partial charge in [0.15, 0.2) is 28.1 Å². The number of anilines is 1. The van der Waals surface area contributed by atoms with Gasteiger partial charge in [0.1, 0.15) is 0 Å². The van der Waals surface area contributed by atoms with Gasteiger partial charge in [-0.15, -0.1) is 10.2 Å². The first-order valence-corrected chi connectivity index (χ1v) is 10.5. The molecule has 1 amide bonds. The predicted octanol–water partition coefficient (Wildman–Crippen LogP) is 4.93. The van der Waals surface area contributed by atoms with Gasteiger partial charge in [-0.05, 0) is 36.8 Å². The zero-order valence-corrected chi connectivity index (χ0v) is 18.2. The largest absolute Gasteiger partial charge is 0.493 e. The summed E-state index contributed by atoms with van der Waals surface area (Å²) in [5.74, 6) is 1.84. The Morgan fingerprint density at radius 1 is 1.27 bits per heavy atom. The van der Waals surface area contributed by atoms with Crippen molar-refractivity contribution < 1.29 is 13.9 Å². The van der Waals surface area contributed by atoms with Crippen LogP contribution in [-0.4, -0.2) is 33.5 Å². The summed E-state index contributed by atoms with van der Waals surface area (Å²) in [4.78, 5) is 12.4. The Morgan fingerprint density at radius 2 is 2.10 bits per heavy atom. The van der Waals surface area contributed by atoms with E-state index in [4.69, 9.17) is 20.8 Å². The van der Waals surface area contributed by atoms with Crippen LogP contribution in [0.2, 0.25) is 5.02 Å². The van der Waals surface area contributed by atoms with Crippen molar-refractivity contribution in [3.63, 3.8) is 0 Å². The molecule has 7 nitrogen and oxygen atoms in total. The number of furan rings is 1. The SMILES string of the molecule is COc1cccc2cc(-c3nnc(SCC(=O)Nc4cc(Cl)ccc4C)n3C)oc12. The summed E-state index contributed by atoms with van der Waals surface area (Å²) in [5.41, 5.74) is 2.30. The molecular weight excluding hydrogens is 424 g/mol. The van der Waals surface area contributed by atoms with Crippen LogP contribution in [0.25, 0.3) is 22.6 Å². The van der Waals surface area contributed by atoms with E-state index in [1.54, 1.807) is 23.8 Å². The summed E-state index contributed by atoms with van der Waals surface area (Å²) in [6.07, 6.45) is 0. The number of halogens is 1. The van der Waals surface area contributed by atoms with Crippen LogP contribution in [0.4, 0.5) is 5.69 Å². The van der Waals surface area contributed by atoms with E-state index in [2.05, 4.69) is 15.5 Å². The molecular formula is C21H19ClN4O3S. The van der Waals surface area contributed by atoms with Gasteiger partial charge in [-0.1, -0.05) is 41.6 Å². The summed E-state index contributed by atoms with van der Waals surface area (Å²) in [6, 6.07) is 13.0. The number of hydrogen-bond donors (Lipinski definition) is 1. The molecule has 4 rings (SSSR count). The van der Waals surface area contributed by atoms with E-state index >= 15 is 0 Å². The molecule has 0 atom stereocenters. The monoisotopic (exact) mass is 442 g/mol. The zero-order chi connectivity index (χ0) is 21.3. The van der Waals surface area contributed by atoms with Crippen LogP contribution >= 0.6 is 23.4 Å². The van der Waals surface area contributed by atoms with E-state index in [0.717, 1.165) is 10.9 Å². The Hall–Kier alpha value is -2.97. The molecule has 0 unspecified atom stereocenters. The number of thioether (sulfide) groups is 1. The summed E-state index contributed by atoms with van der Waals surface area (Å²) in [7, 11) is 3.44. The maximum Gasteiger partial charge on any atom is 0.234 e. The lowest BCUT2D eigenvalue weighted by Gasteiger charge is -2.08. The number of benzene rings is 2. The molecule has 0 fully saturated rings. The third-order valence-electron chi connectivity index (χ3n) is 4.59. The molecule has 0 aliphatic heterocycles. The highest BCUT2D eigenvalue weighted by atomic mass is 35.5. The molecule has 2 aromatic heterocycles. The van der Waals surface area contributed by atoms with Crippen LogP contribution in [0.3, 0.4) is 0 Å². The smallest absolute Gasteiger partial charge is 0.234 e. The number of hydrogen-bond acceptors (Lipinski definition) is 6. The first kappa shape index (κ1) is 20.3. The molecule has 0 spiro atoms. The fourth-order valence-electron chi connectivity index (χ4n) is 3.01. The molecule has 0 bridgehead atoms. The van der Waals surface area contributed by atoms with Gasteiger partial charge in [0.05, 0.1) is 12.9 Å². The van der Waals surface area contributed by atoms with Crippen molar-refractivity contribution in [2.45, 2.75) is 12.1 Å².